The quantitative estimate of drug-likeness (QED) is 0.790. The van der Waals surface area contributed by atoms with E-state index in [-0.39, 0.29) is 17.4 Å². The Hall–Kier alpha value is -1.91. The molecule has 0 aliphatic carbocycles. The number of hydrogen-bond acceptors (Lipinski definition) is 3. The van der Waals surface area contributed by atoms with Crippen molar-refractivity contribution in [2.45, 2.75) is 37.6 Å². The second-order valence-electron chi connectivity index (χ2n) is 6.10. The van der Waals surface area contributed by atoms with Crippen LogP contribution < -0.4 is 0 Å². The highest BCUT2D eigenvalue weighted by Gasteiger charge is 2.44. The van der Waals surface area contributed by atoms with Crippen molar-refractivity contribution in [2.24, 2.45) is 0 Å². The van der Waals surface area contributed by atoms with Gasteiger partial charge in [0.2, 0.25) is 5.91 Å². The molecule has 0 saturated carbocycles. The fraction of sp³-hybridized carbons (Fsp3) is 0.562. The Balaban J connectivity index is 1.80. The van der Waals surface area contributed by atoms with Gasteiger partial charge in [-0.2, -0.15) is 0 Å². The molecule has 0 bridgehead atoms. The highest BCUT2D eigenvalue weighted by molar-refractivity contribution is 5.94. The van der Waals surface area contributed by atoms with Gasteiger partial charge in [0.25, 0.3) is 5.91 Å². The van der Waals surface area contributed by atoms with Gasteiger partial charge in [-0.1, -0.05) is 0 Å². The number of carbonyl (C=O) groups excluding carboxylic acids is 2. The van der Waals surface area contributed by atoms with Crippen LogP contribution in [0.1, 0.15) is 42.5 Å². The maximum Gasteiger partial charge on any atom is 0.255 e. The largest absolute Gasteiger partial charge is 0.338 e. The molecule has 1 aromatic heterocycles. The number of likely N-dealkylation sites (N-methyl/N-ethyl adjacent to an activating group) is 1. The van der Waals surface area contributed by atoms with Crippen molar-refractivity contribution in [3.05, 3.63) is 30.1 Å². The summed E-state index contributed by atoms with van der Waals surface area (Å²) in [6, 6.07) is 3.58. The van der Waals surface area contributed by atoms with Gasteiger partial charge in [0.15, 0.2) is 0 Å². The van der Waals surface area contributed by atoms with Crippen molar-refractivity contribution in [3.63, 3.8) is 0 Å². The molecule has 5 nitrogen and oxygen atoms in total. The smallest absolute Gasteiger partial charge is 0.255 e. The van der Waals surface area contributed by atoms with Crippen molar-refractivity contribution in [1.29, 1.82) is 0 Å². The number of amides is 2. The molecule has 1 spiro atoms. The average molecular weight is 287 g/mol. The van der Waals surface area contributed by atoms with E-state index in [4.69, 9.17) is 0 Å². The molecule has 2 saturated heterocycles. The van der Waals surface area contributed by atoms with Crippen molar-refractivity contribution < 1.29 is 9.59 Å². The van der Waals surface area contributed by atoms with Gasteiger partial charge in [-0.15, -0.1) is 0 Å². The summed E-state index contributed by atoms with van der Waals surface area (Å²) >= 11 is 0. The Morgan fingerprint density at radius 3 is 2.90 bits per heavy atom. The molecule has 1 aromatic rings. The van der Waals surface area contributed by atoms with Gasteiger partial charge in [-0.25, -0.2) is 0 Å². The maximum absolute atomic E-state index is 12.6. The molecule has 21 heavy (non-hydrogen) atoms. The summed E-state index contributed by atoms with van der Waals surface area (Å²) < 4.78 is 0. The first-order valence-corrected chi connectivity index (χ1v) is 7.58. The van der Waals surface area contributed by atoms with Crippen LogP contribution >= 0.6 is 0 Å². The van der Waals surface area contributed by atoms with Crippen LogP contribution in [-0.4, -0.2) is 52.3 Å². The van der Waals surface area contributed by atoms with Gasteiger partial charge in [-0.05, 0) is 37.8 Å². The average Bonchev–Trinajstić information content (AvgIpc) is 2.53. The third-order valence-corrected chi connectivity index (χ3v) is 4.87. The zero-order valence-electron chi connectivity index (χ0n) is 12.4. The monoisotopic (exact) mass is 287 g/mol. The molecule has 1 unspecified atom stereocenters. The molecule has 3 heterocycles. The highest BCUT2D eigenvalue weighted by Crippen LogP contribution is 2.35. The molecule has 5 heteroatoms. The second-order valence-corrected chi connectivity index (χ2v) is 6.10. The first-order chi connectivity index (χ1) is 10.1. The van der Waals surface area contributed by atoms with E-state index in [0.717, 1.165) is 32.2 Å². The Bertz CT molecular complexity index is 542. The number of pyridine rings is 1. The zero-order valence-corrected chi connectivity index (χ0v) is 12.4. The lowest BCUT2D eigenvalue weighted by atomic mass is 9.80. The van der Waals surface area contributed by atoms with Gasteiger partial charge in [0, 0.05) is 39.0 Å². The predicted octanol–water partition coefficient (Wildman–Crippen LogP) is 1.70. The van der Waals surface area contributed by atoms with Crippen LogP contribution in [0.3, 0.4) is 0 Å². The molecule has 0 N–H and O–H groups in total. The van der Waals surface area contributed by atoms with Crippen LogP contribution in [0.2, 0.25) is 0 Å². The Labute approximate surface area is 124 Å². The number of nitrogens with zero attached hydrogens (tertiary/aromatic N) is 3. The molecule has 3 rings (SSSR count). The fourth-order valence-electron chi connectivity index (χ4n) is 3.60. The summed E-state index contributed by atoms with van der Waals surface area (Å²) in [6.45, 7) is 1.40. The zero-order chi connectivity index (χ0) is 14.9. The van der Waals surface area contributed by atoms with E-state index in [2.05, 4.69) is 4.98 Å². The van der Waals surface area contributed by atoms with E-state index in [1.54, 1.807) is 24.5 Å². The van der Waals surface area contributed by atoms with Crippen LogP contribution in [0.25, 0.3) is 0 Å². The third kappa shape index (κ3) is 2.52. The van der Waals surface area contributed by atoms with Gasteiger partial charge in [0.1, 0.15) is 0 Å². The number of aromatic nitrogens is 1. The van der Waals surface area contributed by atoms with Gasteiger partial charge >= 0.3 is 0 Å². The van der Waals surface area contributed by atoms with Crippen molar-refractivity contribution in [1.82, 2.24) is 14.8 Å². The number of carbonyl (C=O) groups is 2. The van der Waals surface area contributed by atoms with E-state index in [0.29, 0.717) is 18.5 Å². The summed E-state index contributed by atoms with van der Waals surface area (Å²) in [5, 5.41) is 0. The predicted molar refractivity (Wildman–Crippen MR) is 78.7 cm³/mol. The van der Waals surface area contributed by atoms with E-state index in [1.807, 2.05) is 16.8 Å². The SMILES string of the molecule is CN1C(=O)CCCC12CCCN(C(=O)c1cccnc1)C2. The summed E-state index contributed by atoms with van der Waals surface area (Å²) in [4.78, 5) is 32.4. The van der Waals surface area contributed by atoms with E-state index in [1.165, 1.54) is 0 Å². The first kappa shape index (κ1) is 14.0. The maximum atomic E-state index is 12.6. The van der Waals surface area contributed by atoms with Crippen LogP contribution in [0.15, 0.2) is 24.5 Å². The van der Waals surface area contributed by atoms with Crippen molar-refractivity contribution >= 4 is 11.8 Å². The Morgan fingerprint density at radius 2 is 2.14 bits per heavy atom. The van der Waals surface area contributed by atoms with E-state index in [9.17, 15) is 9.59 Å². The van der Waals surface area contributed by atoms with Crippen molar-refractivity contribution in [2.75, 3.05) is 20.1 Å². The van der Waals surface area contributed by atoms with Crippen LogP contribution in [0.4, 0.5) is 0 Å². The summed E-state index contributed by atoms with van der Waals surface area (Å²) in [7, 11) is 1.89. The molecule has 0 radical (unpaired) electrons. The third-order valence-electron chi connectivity index (χ3n) is 4.87. The normalized spacial score (nSPS) is 26.2. The van der Waals surface area contributed by atoms with Gasteiger partial charge in [-0.3, -0.25) is 14.6 Å². The number of likely N-dealkylation sites (tertiary alicyclic amines) is 2. The summed E-state index contributed by atoms with van der Waals surface area (Å²) in [5.74, 6) is 0.227. The summed E-state index contributed by atoms with van der Waals surface area (Å²) in [5.41, 5.74) is 0.463. The molecule has 2 aliphatic rings. The van der Waals surface area contributed by atoms with Crippen LogP contribution in [-0.2, 0) is 4.79 Å². The number of hydrogen-bond donors (Lipinski definition) is 0. The Morgan fingerprint density at radius 1 is 1.33 bits per heavy atom. The lowest BCUT2D eigenvalue weighted by Crippen LogP contribution is -2.61. The minimum absolute atomic E-state index is 0.0218. The summed E-state index contributed by atoms with van der Waals surface area (Å²) in [6.07, 6.45) is 7.77. The minimum Gasteiger partial charge on any atom is -0.338 e. The van der Waals surface area contributed by atoms with Gasteiger partial charge < -0.3 is 9.80 Å². The molecular formula is C16H21N3O2. The molecule has 1 atom stereocenters. The van der Waals surface area contributed by atoms with Gasteiger partial charge in [0.05, 0.1) is 11.1 Å². The first-order valence-electron chi connectivity index (χ1n) is 7.58. The van der Waals surface area contributed by atoms with E-state index < -0.39 is 0 Å². The van der Waals surface area contributed by atoms with E-state index >= 15 is 0 Å². The number of piperidine rings is 2. The molecule has 112 valence electrons. The highest BCUT2D eigenvalue weighted by atomic mass is 16.2. The molecule has 0 aromatic carbocycles. The van der Waals surface area contributed by atoms with Crippen LogP contribution in [0.5, 0.6) is 0 Å². The molecule has 2 amide bonds. The molecule has 2 fully saturated rings. The second kappa shape index (κ2) is 5.47. The molecule has 2 aliphatic heterocycles. The topological polar surface area (TPSA) is 53.5 Å². The fourth-order valence-corrected chi connectivity index (χ4v) is 3.60. The van der Waals surface area contributed by atoms with Crippen LogP contribution in [0, 0.1) is 0 Å². The molecular weight excluding hydrogens is 266 g/mol. The standard InChI is InChI=1S/C16H21N3O2/c1-18-14(20)6-2-7-16(18)8-4-10-19(12-16)15(21)13-5-3-9-17-11-13/h3,5,9,11H,2,4,6-8,10,12H2,1H3. The Kier molecular flexibility index (Phi) is 3.66. The van der Waals surface area contributed by atoms with Crippen molar-refractivity contribution in [3.8, 4) is 0 Å². The lowest BCUT2D eigenvalue weighted by molar-refractivity contribution is -0.142. The number of rotatable bonds is 1. The minimum atomic E-state index is -0.161. The lowest BCUT2D eigenvalue weighted by Gasteiger charge is -2.50.